The molecule has 1 aromatic carbocycles. The zero-order valence-corrected chi connectivity index (χ0v) is 11.9. The van der Waals surface area contributed by atoms with E-state index in [0.29, 0.717) is 22.7 Å². The number of hydrogen-bond acceptors (Lipinski definition) is 6. The topological polar surface area (TPSA) is 84.9 Å². The number of aliphatic hydroxyl groups excluding tert-OH is 2. The lowest BCUT2D eigenvalue weighted by atomic mass is 10.2. The van der Waals surface area contributed by atoms with Crippen molar-refractivity contribution in [1.82, 2.24) is 0 Å². The Morgan fingerprint density at radius 3 is 2.80 bits per heavy atom. The SMILES string of the molecule is COc1cc(CO)cc(N)c1OCC(O)c1cccs1. The van der Waals surface area contributed by atoms with Crippen LogP contribution in [0, 0.1) is 0 Å². The molecule has 0 radical (unpaired) electrons. The van der Waals surface area contributed by atoms with Gasteiger partial charge in [-0.05, 0) is 29.1 Å². The molecule has 108 valence electrons. The molecular weight excluding hydrogens is 278 g/mol. The average Bonchev–Trinajstić information content (AvgIpc) is 2.99. The molecule has 1 unspecified atom stereocenters. The van der Waals surface area contributed by atoms with Crippen LogP contribution in [0.3, 0.4) is 0 Å². The van der Waals surface area contributed by atoms with Gasteiger partial charge in [0.15, 0.2) is 11.5 Å². The van der Waals surface area contributed by atoms with Gasteiger partial charge in [0.2, 0.25) is 0 Å². The summed E-state index contributed by atoms with van der Waals surface area (Å²) in [5.74, 6) is 0.813. The fraction of sp³-hybridized carbons (Fsp3) is 0.286. The van der Waals surface area contributed by atoms with E-state index in [4.69, 9.17) is 20.3 Å². The third-order valence-corrected chi connectivity index (χ3v) is 3.78. The number of hydrogen-bond donors (Lipinski definition) is 3. The van der Waals surface area contributed by atoms with Gasteiger partial charge in [0, 0.05) is 4.88 Å². The van der Waals surface area contributed by atoms with Crippen LogP contribution in [-0.2, 0) is 6.61 Å². The Morgan fingerprint density at radius 1 is 1.40 bits per heavy atom. The van der Waals surface area contributed by atoms with Crippen LogP contribution >= 0.6 is 11.3 Å². The van der Waals surface area contributed by atoms with Gasteiger partial charge in [0.05, 0.1) is 19.4 Å². The molecule has 0 aliphatic carbocycles. The van der Waals surface area contributed by atoms with Gasteiger partial charge in [-0.1, -0.05) is 6.07 Å². The summed E-state index contributed by atoms with van der Waals surface area (Å²) in [5.41, 5.74) is 6.89. The van der Waals surface area contributed by atoms with Crippen molar-refractivity contribution in [3.8, 4) is 11.5 Å². The number of nitrogen functional groups attached to an aromatic ring is 1. The number of benzene rings is 1. The van der Waals surface area contributed by atoms with Crippen LogP contribution in [0.15, 0.2) is 29.6 Å². The van der Waals surface area contributed by atoms with Crippen LogP contribution in [0.2, 0.25) is 0 Å². The Kier molecular flexibility index (Phi) is 4.84. The van der Waals surface area contributed by atoms with E-state index in [1.54, 1.807) is 12.1 Å². The Hall–Kier alpha value is -1.76. The van der Waals surface area contributed by atoms with E-state index in [-0.39, 0.29) is 13.2 Å². The first-order valence-corrected chi connectivity index (χ1v) is 6.95. The fourth-order valence-electron chi connectivity index (χ4n) is 1.81. The zero-order valence-electron chi connectivity index (χ0n) is 11.1. The van der Waals surface area contributed by atoms with Crippen molar-refractivity contribution in [2.24, 2.45) is 0 Å². The highest BCUT2D eigenvalue weighted by Crippen LogP contribution is 2.35. The maximum atomic E-state index is 9.99. The summed E-state index contributed by atoms with van der Waals surface area (Å²) >= 11 is 1.46. The summed E-state index contributed by atoms with van der Waals surface area (Å²) < 4.78 is 10.8. The maximum absolute atomic E-state index is 9.99. The molecule has 2 aromatic rings. The molecule has 0 aliphatic rings. The van der Waals surface area contributed by atoms with Gasteiger partial charge < -0.3 is 25.4 Å². The van der Waals surface area contributed by atoms with E-state index in [2.05, 4.69) is 0 Å². The van der Waals surface area contributed by atoms with E-state index < -0.39 is 6.10 Å². The van der Waals surface area contributed by atoms with E-state index in [1.807, 2.05) is 17.5 Å². The molecule has 0 spiro atoms. The minimum absolute atomic E-state index is 0.0829. The van der Waals surface area contributed by atoms with Crippen molar-refractivity contribution in [3.05, 3.63) is 40.1 Å². The smallest absolute Gasteiger partial charge is 0.184 e. The van der Waals surface area contributed by atoms with E-state index in [9.17, 15) is 5.11 Å². The molecule has 0 fully saturated rings. The minimum Gasteiger partial charge on any atom is -0.493 e. The van der Waals surface area contributed by atoms with E-state index in [0.717, 1.165) is 4.88 Å². The summed E-state index contributed by atoms with van der Waals surface area (Å²) in [4.78, 5) is 0.828. The number of anilines is 1. The van der Waals surface area contributed by atoms with Crippen LogP contribution in [0.5, 0.6) is 11.5 Å². The molecule has 0 aliphatic heterocycles. The van der Waals surface area contributed by atoms with Gasteiger partial charge in [0.25, 0.3) is 0 Å². The lowest BCUT2D eigenvalue weighted by Crippen LogP contribution is -2.10. The minimum atomic E-state index is -0.711. The second-order valence-corrected chi connectivity index (χ2v) is 5.20. The number of rotatable bonds is 6. The lowest BCUT2D eigenvalue weighted by Gasteiger charge is -2.16. The van der Waals surface area contributed by atoms with Crippen molar-refractivity contribution in [3.63, 3.8) is 0 Å². The normalized spacial score (nSPS) is 12.2. The van der Waals surface area contributed by atoms with Gasteiger partial charge in [-0.2, -0.15) is 0 Å². The van der Waals surface area contributed by atoms with Gasteiger partial charge in [-0.25, -0.2) is 0 Å². The molecule has 0 saturated carbocycles. The predicted molar refractivity (Wildman–Crippen MR) is 78.1 cm³/mol. The average molecular weight is 295 g/mol. The first-order valence-electron chi connectivity index (χ1n) is 6.07. The maximum Gasteiger partial charge on any atom is 0.184 e. The molecule has 20 heavy (non-hydrogen) atoms. The summed E-state index contributed by atoms with van der Waals surface area (Å²) in [6.07, 6.45) is -0.711. The van der Waals surface area contributed by atoms with Gasteiger partial charge in [-0.15, -0.1) is 11.3 Å². The number of methoxy groups -OCH3 is 1. The molecule has 0 bridgehead atoms. The third-order valence-electron chi connectivity index (χ3n) is 2.80. The largest absolute Gasteiger partial charge is 0.493 e. The number of ether oxygens (including phenoxy) is 2. The molecule has 0 amide bonds. The molecule has 4 N–H and O–H groups in total. The first-order chi connectivity index (χ1) is 9.65. The molecule has 1 atom stereocenters. The van der Waals surface area contributed by atoms with Crippen LogP contribution in [-0.4, -0.2) is 23.9 Å². The van der Waals surface area contributed by atoms with Crippen LogP contribution in [0.1, 0.15) is 16.5 Å². The molecule has 1 aromatic heterocycles. The van der Waals surface area contributed by atoms with Crippen molar-refractivity contribution in [1.29, 1.82) is 0 Å². The molecular formula is C14H17NO4S. The van der Waals surface area contributed by atoms with Crippen molar-refractivity contribution in [2.75, 3.05) is 19.5 Å². The van der Waals surface area contributed by atoms with Gasteiger partial charge in [0.1, 0.15) is 12.7 Å². The number of thiophene rings is 1. The van der Waals surface area contributed by atoms with Crippen LogP contribution in [0.4, 0.5) is 5.69 Å². The lowest BCUT2D eigenvalue weighted by molar-refractivity contribution is 0.109. The Balaban J connectivity index is 2.12. The van der Waals surface area contributed by atoms with Crippen molar-refractivity contribution < 1.29 is 19.7 Å². The van der Waals surface area contributed by atoms with Crippen molar-refractivity contribution >= 4 is 17.0 Å². The fourth-order valence-corrected chi connectivity index (χ4v) is 2.50. The molecule has 1 heterocycles. The third kappa shape index (κ3) is 3.22. The molecule has 6 heteroatoms. The molecule has 5 nitrogen and oxygen atoms in total. The second kappa shape index (κ2) is 6.60. The monoisotopic (exact) mass is 295 g/mol. The zero-order chi connectivity index (χ0) is 14.5. The predicted octanol–water partition coefficient (Wildman–Crippen LogP) is 1.94. The molecule has 0 saturated heterocycles. The van der Waals surface area contributed by atoms with E-state index >= 15 is 0 Å². The summed E-state index contributed by atoms with van der Waals surface area (Å²) in [7, 11) is 1.50. The highest BCUT2D eigenvalue weighted by Gasteiger charge is 2.15. The number of aliphatic hydroxyl groups is 2. The molecule has 2 rings (SSSR count). The summed E-state index contributed by atoms with van der Waals surface area (Å²) in [6, 6.07) is 6.99. The highest BCUT2D eigenvalue weighted by molar-refractivity contribution is 7.10. The van der Waals surface area contributed by atoms with Crippen molar-refractivity contribution in [2.45, 2.75) is 12.7 Å². The first kappa shape index (κ1) is 14.6. The van der Waals surface area contributed by atoms with Crippen LogP contribution in [0.25, 0.3) is 0 Å². The van der Waals surface area contributed by atoms with Gasteiger partial charge in [-0.3, -0.25) is 0 Å². The second-order valence-electron chi connectivity index (χ2n) is 4.22. The number of nitrogens with two attached hydrogens (primary N) is 1. The van der Waals surface area contributed by atoms with E-state index in [1.165, 1.54) is 18.4 Å². The Morgan fingerprint density at radius 2 is 2.20 bits per heavy atom. The Bertz CT molecular complexity index is 557. The van der Waals surface area contributed by atoms with Gasteiger partial charge >= 0.3 is 0 Å². The van der Waals surface area contributed by atoms with Crippen LogP contribution < -0.4 is 15.2 Å². The quantitative estimate of drug-likeness (QED) is 0.709. The summed E-state index contributed by atoms with van der Waals surface area (Å²) in [5, 5.41) is 21.0. The Labute approximate surface area is 121 Å². The standard InChI is InChI=1S/C14H17NO4S/c1-18-12-6-9(7-16)5-10(15)14(12)19-8-11(17)13-3-2-4-20-13/h2-6,11,16-17H,7-8,15H2,1H3. The highest BCUT2D eigenvalue weighted by atomic mass is 32.1. The summed E-state index contributed by atoms with van der Waals surface area (Å²) in [6.45, 7) is -0.0434.